The third kappa shape index (κ3) is 4.72. The second-order valence-electron chi connectivity index (χ2n) is 7.50. The zero-order valence-corrected chi connectivity index (χ0v) is 17.5. The van der Waals surface area contributed by atoms with Gasteiger partial charge in [-0.1, -0.05) is 0 Å². The molecule has 1 unspecified atom stereocenters. The Bertz CT molecular complexity index is 890. The van der Waals surface area contributed by atoms with Crippen LogP contribution in [-0.2, 0) is 11.3 Å². The van der Waals surface area contributed by atoms with Crippen molar-refractivity contribution in [1.82, 2.24) is 15.2 Å². The Kier molecular flexibility index (Phi) is 6.46. The van der Waals surface area contributed by atoms with E-state index in [0.717, 1.165) is 29.7 Å². The van der Waals surface area contributed by atoms with Crippen molar-refractivity contribution in [2.45, 2.75) is 33.2 Å². The van der Waals surface area contributed by atoms with Crippen LogP contribution in [0, 0.1) is 19.8 Å². The number of hydrogen-bond donors (Lipinski definition) is 2. The van der Waals surface area contributed by atoms with Crippen molar-refractivity contribution >= 4 is 11.8 Å². The Morgan fingerprint density at radius 2 is 2.00 bits per heavy atom. The number of benzene rings is 1. The first-order chi connectivity index (χ1) is 13.9. The molecule has 1 saturated heterocycles. The second-order valence-corrected chi connectivity index (χ2v) is 7.50. The number of aromatic nitrogens is 1. The number of H-pyrrole nitrogens is 1. The molecular formula is C22H29N3O4. The Morgan fingerprint density at radius 3 is 2.66 bits per heavy atom. The van der Waals surface area contributed by atoms with Gasteiger partial charge in [0.2, 0.25) is 5.91 Å². The zero-order valence-electron chi connectivity index (χ0n) is 17.5. The van der Waals surface area contributed by atoms with Crippen LogP contribution in [0.25, 0.3) is 0 Å². The van der Waals surface area contributed by atoms with Gasteiger partial charge in [-0.15, -0.1) is 0 Å². The van der Waals surface area contributed by atoms with Crippen LogP contribution in [0.2, 0.25) is 0 Å². The second kappa shape index (κ2) is 9.03. The molecule has 29 heavy (non-hydrogen) atoms. The molecule has 1 aliphatic heterocycles. The Labute approximate surface area is 171 Å². The number of carbonyl (C=O) groups excluding carboxylic acids is 2. The maximum Gasteiger partial charge on any atom is 0.270 e. The fourth-order valence-corrected chi connectivity index (χ4v) is 3.83. The van der Waals surface area contributed by atoms with E-state index in [1.54, 1.807) is 19.1 Å². The molecule has 0 spiro atoms. The summed E-state index contributed by atoms with van der Waals surface area (Å²) in [5, 5.41) is 2.99. The highest BCUT2D eigenvalue weighted by atomic mass is 16.5. The number of amides is 2. The number of ether oxygens (including phenoxy) is 2. The summed E-state index contributed by atoms with van der Waals surface area (Å²) >= 11 is 0. The lowest BCUT2D eigenvalue weighted by atomic mass is 9.96. The molecule has 3 rings (SSSR count). The van der Waals surface area contributed by atoms with Crippen molar-refractivity contribution in [2.24, 2.45) is 5.92 Å². The smallest absolute Gasteiger partial charge is 0.270 e. The molecule has 0 bridgehead atoms. The topological polar surface area (TPSA) is 83.7 Å². The molecule has 1 aromatic heterocycles. The zero-order chi connectivity index (χ0) is 21.0. The van der Waals surface area contributed by atoms with Gasteiger partial charge in [0.25, 0.3) is 5.91 Å². The molecule has 2 heterocycles. The summed E-state index contributed by atoms with van der Waals surface area (Å²) in [7, 11) is 3.20. The van der Waals surface area contributed by atoms with Crippen molar-refractivity contribution in [3.05, 3.63) is 46.8 Å². The minimum absolute atomic E-state index is 0.0393. The number of nitrogens with one attached hydrogen (secondary N) is 2. The van der Waals surface area contributed by atoms with E-state index >= 15 is 0 Å². The lowest BCUT2D eigenvalue weighted by Crippen LogP contribution is -2.45. The van der Waals surface area contributed by atoms with Gasteiger partial charge in [0.15, 0.2) is 0 Å². The number of hydrogen-bond acceptors (Lipinski definition) is 4. The molecule has 0 radical (unpaired) electrons. The Balaban J connectivity index is 1.63. The van der Waals surface area contributed by atoms with Crippen LogP contribution in [0.15, 0.2) is 24.3 Å². The number of nitrogens with zero attached hydrogens (tertiary/aromatic N) is 1. The van der Waals surface area contributed by atoms with Gasteiger partial charge in [0, 0.05) is 30.9 Å². The standard InChI is InChI=1S/C22H29N3O4/c1-14-10-15(2)24-20(14)22(27)25-9-5-6-16(13-25)21(26)23-12-17-11-18(28-3)7-8-19(17)29-4/h7-8,10-11,16,24H,5-6,9,12-13H2,1-4H3,(H,23,26). The minimum atomic E-state index is -0.222. The van der Waals surface area contributed by atoms with E-state index < -0.39 is 0 Å². The average molecular weight is 399 g/mol. The number of aryl methyl sites for hydroxylation is 2. The van der Waals surface area contributed by atoms with Gasteiger partial charge in [-0.05, 0) is 56.5 Å². The van der Waals surface area contributed by atoms with Gasteiger partial charge in [0.05, 0.1) is 20.1 Å². The predicted octanol–water partition coefficient (Wildman–Crippen LogP) is 2.82. The maximum absolute atomic E-state index is 12.9. The molecule has 7 nitrogen and oxygen atoms in total. The van der Waals surface area contributed by atoms with E-state index in [0.29, 0.717) is 36.8 Å². The molecule has 7 heteroatoms. The van der Waals surface area contributed by atoms with E-state index in [1.165, 1.54) is 0 Å². The lowest BCUT2D eigenvalue weighted by molar-refractivity contribution is -0.126. The molecule has 1 fully saturated rings. The molecule has 0 aliphatic carbocycles. The lowest BCUT2D eigenvalue weighted by Gasteiger charge is -2.32. The van der Waals surface area contributed by atoms with Crippen LogP contribution in [0.4, 0.5) is 0 Å². The van der Waals surface area contributed by atoms with Crippen LogP contribution in [0.1, 0.15) is 40.2 Å². The summed E-state index contributed by atoms with van der Waals surface area (Å²) in [5.74, 6) is 1.10. The minimum Gasteiger partial charge on any atom is -0.497 e. The SMILES string of the molecule is COc1ccc(OC)c(CNC(=O)C2CCCN(C(=O)c3[nH]c(C)cc3C)C2)c1. The number of piperidine rings is 1. The Hall–Kier alpha value is -2.96. The quantitative estimate of drug-likeness (QED) is 0.782. The van der Waals surface area contributed by atoms with Gasteiger partial charge in [-0.3, -0.25) is 9.59 Å². The summed E-state index contributed by atoms with van der Waals surface area (Å²) in [5.41, 5.74) is 3.36. The number of carbonyl (C=O) groups is 2. The van der Waals surface area contributed by atoms with Gasteiger partial charge >= 0.3 is 0 Å². The maximum atomic E-state index is 12.9. The highest BCUT2D eigenvalue weighted by Crippen LogP contribution is 2.25. The van der Waals surface area contributed by atoms with Crippen LogP contribution < -0.4 is 14.8 Å². The first-order valence-electron chi connectivity index (χ1n) is 9.87. The van der Waals surface area contributed by atoms with Gasteiger partial charge in [-0.25, -0.2) is 0 Å². The summed E-state index contributed by atoms with van der Waals surface area (Å²) in [4.78, 5) is 30.6. The Morgan fingerprint density at radius 1 is 1.21 bits per heavy atom. The molecule has 2 aromatic rings. The number of methoxy groups -OCH3 is 2. The third-order valence-electron chi connectivity index (χ3n) is 5.38. The molecule has 1 aromatic carbocycles. The highest BCUT2D eigenvalue weighted by Gasteiger charge is 2.30. The van der Waals surface area contributed by atoms with Crippen molar-refractivity contribution < 1.29 is 19.1 Å². The van der Waals surface area contributed by atoms with Crippen LogP contribution >= 0.6 is 0 Å². The van der Waals surface area contributed by atoms with Crippen molar-refractivity contribution in [2.75, 3.05) is 27.3 Å². The van der Waals surface area contributed by atoms with Crippen molar-refractivity contribution in [1.29, 1.82) is 0 Å². The fraction of sp³-hybridized carbons (Fsp3) is 0.455. The number of likely N-dealkylation sites (tertiary alicyclic amines) is 1. The first-order valence-corrected chi connectivity index (χ1v) is 9.87. The van der Waals surface area contributed by atoms with E-state index in [9.17, 15) is 9.59 Å². The first kappa shape index (κ1) is 20.8. The number of rotatable bonds is 6. The average Bonchev–Trinajstić information content (AvgIpc) is 3.09. The molecule has 2 N–H and O–H groups in total. The summed E-state index contributed by atoms with van der Waals surface area (Å²) < 4.78 is 10.6. The van der Waals surface area contributed by atoms with Gasteiger partial charge < -0.3 is 24.7 Å². The molecular weight excluding hydrogens is 370 g/mol. The van der Waals surface area contributed by atoms with Crippen molar-refractivity contribution in [3.8, 4) is 11.5 Å². The highest BCUT2D eigenvalue weighted by molar-refractivity contribution is 5.94. The third-order valence-corrected chi connectivity index (χ3v) is 5.38. The fourth-order valence-electron chi connectivity index (χ4n) is 3.83. The molecule has 0 saturated carbocycles. The monoisotopic (exact) mass is 399 g/mol. The molecule has 1 aliphatic rings. The molecule has 1 atom stereocenters. The van der Waals surface area contributed by atoms with Crippen LogP contribution in [0.5, 0.6) is 11.5 Å². The van der Waals surface area contributed by atoms with E-state index in [1.807, 2.05) is 38.1 Å². The normalized spacial score (nSPS) is 16.4. The van der Waals surface area contributed by atoms with Crippen LogP contribution in [-0.4, -0.2) is 49.0 Å². The largest absolute Gasteiger partial charge is 0.497 e. The van der Waals surface area contributed by atoms with E-state index in [2.05, 4.69) is 10.3 Å². The van der Waals surface area contributed by atoms with E-state index in [-0.39, 0.29) is 17.7 Å². The van der Waals surface area contributed by atoms with Crippen molar-refractivity contribution in [3.63, 3.8) is 0 Å². The molecule has 156 valence electrons. The number of aromatic amines is 1. The summed E-state index contributed by atoms with van der Waals surface area (Å²) in [6.45, 7) is 5.30. The van der Waals surface area contributed by atoms with Crippen LogP contribution in [0.3, 0.4) is 0 Å². The van der Waals surface area contributed by atoms with E-state index in [4.69, 9.17) is 9.47 Å². The predicted molar refractivity (Wildman–Crippen MR) is 110 cm³/mol. The van der Waals surface area contributed by atoms with Gasteiger partial charge in [-0.2, -0.15) is 0 Å². The summed E-state index contributed by atoms with van der Waals surface area (Å²) in [6.07, 6.45) is 1.58. The summed E-state index contributed by atoms with van der Waals surface area (Å²) in [6, 6.07) is 7.45. The van der Waals surface area contributed by atoms with Gasteiger partial charge in [0.1, 0.15) is 17.2 Å². The molecule has 2 amide bonds.